The number of allylic oxidation sites excluding steroid dienone is 3. The molecule has 2 fully saturated rings. The van der Waals surface area contributed by atoms with E-state index in [2.05, 4.69) is 67.1 Å². The molecular weight excluding hydrogens is 534 g/mol. The molecule has 43 heavy (non-hydrogen) atoms. The second-order valence-corrected chi connectivity index (χ2v) is 15.1. The Morgan fingerprint density at radius 1 is 1.09 bits per heavy atom. The van der Waals surface area contributed by atoms with Gasteiger partial charge in [-0.05, 0) is 107 Å². The number of piperidine rings is 1. The number of carbonyl (C=O) groups is 1. The molecule has 6 rings (SSSR count). The lowest BCUT2D eigenvalue weighted by atomic mass is 9.81. The van der Waals surface area contributed by atoms with Crippen LogP contribution in [-0.2, 0) is 22.5 Å². The van der Waals surface area contributed by atoms with Crippen LogP contribution in [0.25, 0.3) is 11.1 Å². The number of rotatable bonds is 6. The number of nitrogens with zero attached hydrogens (tertiary/aromatic N) is 3. The van der Waals surface area contributed by atoms with Crippen LogP contribution >= 0.6 is 0 Å². The van der Waals surface area contributed by atoms with Crippen LogP contribution < -0.4 is 4.90 Å². The maximum absolute atomic E-state index is 12.8. The van der Waals surface area contributed by atoms with E-state index in [0.29, 0.717) is 11.5 Å². The number of benzene rings is 1. The lowest BCUT2D eigenvalue weighted by Crippen LogP contribution is -2.39. The minimum atomic E-state index is -1.10. The van der Waals surface area contributed by atoms with Gasteiger partial charge in [0, 0.05) is 54.6 Å². The minimum absolute atomic E-state index is 0.267. The summed E-state index contributed by atoms with van der Waals surface area (Å²) in [5, 5.41) is 10.5. The van der Waals surface area contributed by atoms with Gasteiger partial charge in [-0.3, -0.25) is 4.98 Å². The number of pyridine rings is 1. The van der Waals surface area contributed by atoms with Crippen molar-refractivity contribution in [1.82, 2.24) is 9.88 Å². The molecule has 6 heteroatoms. The Morgan fingerprint density at radius 3 is 2.47 bits per heavy atom. The summed E-state index contributed by atoms with van der Waals surface area (Å²) in [4.78, 5) is 22.7. The van der Waals surface area contributed by atoms with E-state index in [-0.39, 0.29) is 5.41 Å². The number of carboxylic acids is 1. The highest BCUT2D eigenvalue weighted by molar-refractivity contribution is 5.88. The van der Waals surface area contributed by atoms with Crippen LogP contribution in [-0.4, -0.2) is 46.2 Å². The molecule has 3 atom stereocenters. The van der Waals surface area contributed by atoms with Gasteiger partial charge in [0.25, 0.3) is 0 Å². The lowest BCUT2D eigenvalue weighted by molar-refractivity contribution is -0.160. The molecule has 2 aliphatic carbocycles. The molecule has 2 bridgehead atoms. The van der Waals surface area contributed by atoms with Gasteiger partial charge in [-0.2, -0.15) is 0 Å². The number of ether oxygens (including phenoxy) is 1. The fourth-order valence-electron chi connectivity index (χ4n) is 7.63. The third-order valence-corrected chi connectivity index (χ3v) is 10.0. The normalized spacial score (nSPS) is 24.5. The molecule has 0 unspecified atom stereocenters. The van der Waals surface area contributed by atoms with Gasteiger partial charge in [0.2, 0.25) is 0 Å². The van der Waals surface area contributed by atoms with Gasteiger partial charge < -0.3 is 19.6 Å². The van der Waals surface area contributed by atoms with E-state index >= 15 is 0 Å². The molecule has 0 amide bonds. The zero-order chi connectivity index (χ0) is 30.7. The van der Waals surface area contributed by atoms with Gasteiger partial charge in [-0.15, -0.1) is 0 Å². The molecule has 4 aliphatic rings. The molecule has 2 aliphatic heterocycles. The molecule has 1 saturated heterocycles. The summed E-state index contributed by atoms with van der Waals surface area (Å²) < 4.78 is 6.26. The van der Waals surface area contributed by atoms with Crippen LogP contribution in [0.3, 0.4) is 0 Å². The number of anilines is 1. The highest BCUT2D eigenvalue weighted by Crippen LogP contribution is 2.46. The quantitative estimate of drug-likeness (QED) is 0.351. The zero-order valence-electron chi connectivity index (χ0n) is 27.2. The van der Waals surface area contributed by atoms with Crippen LogP contribution in [0.4, 0.5) is 5.69 Å². The molecule has 2 aromatic rings. The standard InChI is InChI=1S/C37H49N3O3/c1-23-31(28-10-11-29-21-39(15-12-27(29)20-28)22-30-19-25-8-9-26(30)18-25)33(40-16-13-37(6,7)14-17-40)32(24(2)38-23)34(35(41)42)43-36(3,4)5/h8-11,20,22,25-26,34H,12-19,21H2,1-7H3,(H,41,42)/b30-22-/t25-,26+,34-/m0/s1. The Balaban J connectivity index is 1.40. The van der Waals surface area contributed by atoms with Crippen molar-refractivity contribution < 1.29 is 14.6 Å². The van der Waals surface area contributed by atoms with Gasteiger partial charge in [-0.1, -0.05) is 44.2 Å². The monoisotopic (exact) mass is 583 g/mol. The number of aromatic nitrogens is 1. The average molecular weight is 584 g/mol. The highest BCUT2D eigenvalue weighted by Gasteiger charge is 2.37. The topological polar surface area (TPSA) is 65.9 Å². The summed E-state index contributed by atoms with van der Waals surface area (Å²) >= 11 is 0. The van der Waals surface area contributed by atoms with Gasteiger partial charge in [0.05, 0.1) is 11.3 Å². The fourth-order valence-corrected chi connectivity index (χ4v) is 7.63. The highest BCUT2D eigenvalue weighted by atomic mass is 16.5. The maximum atomic E-state index is 12.8. The van der Waals surface area contributed by atoms with Crippen molar-refractivity contribution in [3.63, 3.8) is 0 Å². The summed E-state index contributed by atoms with van der Waals surface area (Å²) in [5.41, 5.74) is 9.52. The van der Waals surface area contributed by atoms with Crippen molar-refractivity contribution in [2.75, 3.05) is 24.5 Å². The van der Waals surface area contributed by atoms with Crippen molar-refractivity contribution in [3.8, 4) is 11.1 Å². The molecular formula is C37H49N3O3. The molecule has 0 spiro atoms. The number of hydrogen-bond acceptors (Lipinski definition) is 5. The van der Waals surface area contributed by atoms with Crippen molar-refractivity contribution in [3.05, 3.63) is 70.2 Å². The maximum Gasteiger partial charge on any atom is 0.337 e. The first kappa shape index (κ1) is 29.9. The van der Waals surface area contributed by atoms with E-state index in [9.17, 15) is 9.90 Å². The van der Waals surface area contributed by atoms with Gasteiger partial charge in [0.15, 0.2) is 6.10 Å². The van der Waals surface area contributed by atoms with E-state index in [0.717, 1.165) is 79.6 Å². The van der Waals surface area contributed by atoms with E-state index < -0.39 is 17.7 Å². The molecule has 1 saturated carbocycles. The third-order valence-electron chi connectivity index (χ3n) is 10.0. The number of fused-ring (bicyclic) bond motifs is 3. The third kappa shape index (κ3) is 6.13. The fraction of sp³-hybridized carbons (Fsp3) is 0.568. The van der Waals surface area contributed by atoms with Crippen molar-refractivity contribution in [1.29, 1.82) is 0 Å². The number of aliphatic carboxylic acids is 1. The first-order chi connectivity index (χ1) is 20.3. The predicted molar refractivity (Wildman–Crippen MR) is 173 cm³/mol. The second-order valence-electron chi connectivity index (χ2n) is 15.1. The zero-order valence-corrected chi connectivity index (χ0v) is 27.2. The number of aryl methyl sites for hydroxylation is 2. The predicted octanol–water partition coefficient (Wildman–Crippen LogP) is 7.77. The molecule has 1 N–H and O–H groups in total. The first-order valence-electron chi connectivity index (χ1n) is 16.2. The molecule has 230 valence electrons. The molecule has 1 aromatic carbocycles. The largest absolute Gasteiger partial charge is 0.479 e. The summed E-state index contributed by atoms with van der Waals surface area (Å²) in [6.07, 6.45) is 11.8. The van der Waals surface area contributed by atoms with Gasteiger partial charge in [0.1, 0.15) is 0 Å². The van der Waals surface area contributed by atoms with E-state index in [1.807, 2.05) is 27.7 Å². The summed E-state index contributed by atoms with van der Waals surface area (Å²) in [6, 6.07) is 6.87. The Labute approximate surface area is 257 Å². The number of carboxylic acid groups (broad SMARTS) is 1. The molecule has 6 nitrogen and oxygen atoms in total. The average Bonchev–Trinajstić information content (AvgIpc) is 3.54. The van der Waals surface area contributed by atoms with Crippen LogP contribution in [0.5, 0.6) is 0 Å². The summed E-state index contributed by atoms with van der Waals surface area (Å²) in [5.74, 6) is 0.427. The van der Waals surface area contributed by atoms with Crippen LogP contribution in [0.1, 0.15) is 94.5 Å². The van der Waals surface area contributed by atoms with E-state index in [1.165, 1.54) is 24.0 Å². The van der Waals surface area contributed by atoms with Gasteiger partial charge >= 0.3 is 5.97 Å². The Kier molecular flexibility index (Phi) is 7.73. The number of hydrogen-bond donors (Lipinski definition) is 1. The van der Waals surface area contributed by atoms with Crippen LogP contribution in [0.15, 0.2) is 42.1 Å². The minimum Gasteiger partial charge on any atom is -0.479 e. The first-order valence-corrected chi connectivity index (χ1v) is 16.2. The van der Waals surface area contributed by atoms with Crippen LogP contribution in [0.2, 0.25) is 0 Å². The van der Waals surface area contributed by atoms with Gasteiger partial charge in [-0.25, -0.2) is 4.79 Å². The Bertz CT molecular complexity index is 1470. The molecule has 0 radical (unpaired) electrons. The second kappa shape index (κ2) is 11.1. The van der Waals surface area contributed by atoms with E-state index in [1.54, 1.807) is 5.57 Å². The SMILES string of the molecule is Cc1nc(C)c([C@H](OC(C)(C)C)C(=O)O)c(N2CCC(C)(C)CC2)c1-c1ccc2c(c1)CCN(/C=C1/C[C@H]3C=C[C@@H]1C3)C2. The summed E-state index contributed by atoms with van der Waals surface area (Å²) in [7, 11) is 0. The lowest BCUT2D eigenvalue weighted by Gasteiger charge is -2.41. The van der Waals surface area contributed by atoms with Crippen molar-refractivity contribution in [2.45, 2.75) is 98.8 Å². The van der Waals surface area contributed by atoms with Crippen LogP contribution in [0, 0.1) is 31.1 Å². The molecule has 1 aromatic heterocycles. The Morgan fingerprint density at radius 2 is 1.84 bits per heavy atom. The smallest absolute Gasteiger partial charge is 0.337 e. The summed E-state index contributed by atoms with van der Waals surface area (Å²) in [6.45, 7) is 18.1. The molecule has 3 heterocycles. The van der Waals surface area contributed by atoms with E-state index in [4.69, 9.17) is 9.72 Å². The van der Waals surface area contributed by atoms with Crippen molar-refractivity contribution in [2.24, 2.45) is 17.3 Å². The van der Waals surface area contributed by atoms with Crippen molar-refractivity contribution >= 4 is 11.7 Å². The Hall–Kier alpha value is -3.12.